The van der Waals surface area contributed by atoms with Crippen molar-refractivity contribution >= 4 is 11.7 Å². The van der Waals surface area contributed by atoms with Gasteiger partial charge in [0.1, 0.15) is 5.82 Å². The zero-order chi connectivity index (χ0) is 22.8. The molecule has 3 rings (SSSR count). The molecule has 6 nitrogen and oxygen atoms in total. The Morgan fingerprint density at radius 3 is 2.53 bits per heavy atom. The van der Waals surface area contributed by atoms with Crippen LogP contribution in [-0.4, -0.2) is 51.1 Å². The summed E-state index contributed by atoms with van der Waals surface area (Å²) < 4.78 is 26.0. The highest BCUT2D eigenvalue weighted by Gasteiger charge is 2.24. The highest BCUT2D eigenvalue weighted by Crippen LogP contribution is 2.24. The summed E-state index contributed by atoms with van der Waals surface area (Å²) >= 11 is 0. The SMILES string of the molecule is CC1CN(c2ccc(CNC(=O)NCCCOCCc3ccccc3)cc2F)CC(C)O1. The van der Waals surface area contributed by atoms with E-state index in [2.05, 4.69) is 22.8 Å². The number of morpholine rings is 1. The summed E-state index contributed by atoms with van der Waals surface area (Å²) in [7, 11) is 0. The van der Waals surface area contributed by atoms with Gasteiger partial charge in [-0.3, -0.25) is 0 Å². The number of nitrogens with one attached hydrogen (secondary N) is 2. The second-order valence-electron chi connectivity index (χ2n) is 8.26. The molecule has 32 heavy (non-hydrogen) atoms. The summed E-state index contributed by atoms with van der Waals surface area (Å²) in [4.78, 5) is 14.0. The Labute approximate surface area is 190 Å². The van der Waals surface area contributed by atoms with Crippen LogP contribution in [0.25, 0.3) is 0 Å². The highest BCUT2D eigenvalue weighted by atomic mass is 19.1. The smallest absolute Gasteiger partial charge is 0.315 e. The zero-order valence-electron chi connectivity index (χ0n) is 19.0. The van der Waals surface area contributed by atoms with Crippen molar-refractivity contribution in [3.63, 3.8) is 0 Å². The normalized spacial score (nSPS) is 18.4. The van der Waals surface area contributed by atoms with Crippen LogP contribution >= 0.6 is 0 Å². The minimum atomic E-state index is -0.279. The molecule has 1 fully saturated rings. The fourth-order valence-corrected chi connectivity index (χ4v) is 3.85. The second kappa shape index (κ2) is 12.4. The molecule has 0 spiro atoms. The van der Waals surface area contributed by atoms with Gasteiger partial charge < -0.3 is 25.0 Å². The fraction of sp³-hybridized carbons (Fsp3) is 0.480. The molecule has 2 atom stereocenters. The Bertz CT molecular complexity index is 840. The largest absolute Gasteiger partial charge is 0.381 e. The van der Waals surface area contributed by atoms with E-state index in [4.69, 9.17) is 9.47 Å². The number of benzene rings is 2. The molecule has 2 aromatic rings. The third kappa shape index (κ3) is 7.80. The van der Waals surface area contributed by atoms with Crippen LogP contribution in [0.15, 0.2) is 48.5 Å². The Hall–Kier alpha value is -2.64. The van der Waals surface area contributed by atoms with Gasteiger partial charge in [-0.05, 0) is 49.9 Å². The van der Waals surface area contributed by atoms with Gasteiger partial charge in [-0.1, -0.05) is 36.4 Å². The average molecular weight is 444 g/mol. The summed E-state index contributed by atoms with van der Waals surface area (Å²) in [5.41, 5.74) is 2.55. The van der Waals surface area contributed by atoms with E-state index in [-0.39, 0.29) is 30.6 Å². The molecule has 0 saturated carbocycles. The first kappa shape index (κ1) is 24.0. The molecule has 0 aromatic heterocycles. The number of carbonyl (C=O) groups excluding carboxylic acids is 1. The molecule has 0 bridgehead atoms. The number of hydrogen-bond donors (Lipinski definition) is 2. The van der Waals surface area contributed by atoms with Crippen LogP contribution in [-0.2, 0) is 22.4 Å². The van der Waals surface area contributed by atoms with Crippen LogP contribution in [0, 0.1) is 5.82 Å². The van der Waals surface area contributed by atoms with Crippen molar-refractivity contribution in [3.8, 4) is 0 Å². The molecule has 0 radical (unpaired) electrons. The van der Waals surface area contributed by atoms with Gasteiger partial charge in [0.05, 0.1) is 24.5 Å². The maximum absolute atomic E-state index is 14.6. The number of rotatable bonds is 10. The van der Waals surface area contributed by atoms with Crippen LogP contribution in [0.4, 0.5) is 14.9 Å². The lowest BCUT2D eigenvalue weighted by molar-refractivity contribution is -0.00539. The molecule has 1 saturated heterocycles. The maximum Gasteiger partial charge on any atom is 0.315 e. The molecule has 2 aromatic carbocycles. The van der Waals surface area contributed by atoms with E-state index in [9.17, 15) is 9.18 Å². The second-order valence-corrected chi connectivity index (χ2v) is 8.26. The third-order valence-electron chi connectivity index (χ3n) is 5.35. The molecule has 2 unspecified atom stereocenters. The van der Waals surface area contributed by atoms with Crippen LogP contribution in [0.5, 0.6) is 0 Å². The summed E-state index contributed by atoms with van der Waals surface area (Å²) in [6.45, 7) is 7.38. The van der Waals surface area contributed by atoms with Gasteiger partial charge in [0.25, 0.3) is 0 Å². The monoisotopic (exact) mass is 443 g/mol. The van der Waals surface area contributed by atoms with E-state index in [1.165, 1.54) is 11.6 Å². The molecule has 1 heterocycles. The highest BCUT2D eigenvalue weighted by molar-refractivity contribution is 5.73. The van der Waals surface area contributed by atoms with E-state index in [0.717, 1.165) is 18.4 Å². The van der Waals surface area contributed by atoms with Gasteiger partial charge in [-0.25, -0.2) is 9.18 Å². The predicted molar refractivity (Wildman–Crippen MR) is 124 cm³/mol. The molecule has 0 aliphatic carbocycles. The first-order valence-electron chi connectivity index (χ1n) is 11.3. The molecule has 1 aliphatic rings. The van der Waals surface area contributed by atoms with Crippen molar-refractivity contribution in [3.05, 3.63) is 65.5 Å². The molecule has 7 heteroatoms. The Kier molecular flexibility index (Phi) is 9.31. The lowest BCUT2D eigenvalue weighted by Crippen LogP contribution is -2.45. The van der Waals surface area contributed by atoms with E-state index in [0.29, 0.717) is 38.5 Å². The Morgan fingerprint density at radius 2 is 1.81 bits per heavy atom. The topological polar surface area (TPSA) is 62.8 Å². The predicted octanol–water partition coefficient (Wildman–Crippen LogP) is 3.89. The number of carbonyl (C=O) groups is 1. The van der Waals surface area contributed by atoms with Crippen molar-refractivity contribution in [1.29, 1.82) is 0 Å². The molecule has 2 N–H and O–H groups in total. The number of nitrogens with zero attached hydrogens (tertiary/aromatic N) is 1. The standard InChI is InChI=1S/C25H34FN3O3/c1-19-17-29(18-20(2)32-19)24-10-9-22(15-23(24)26)16-28-25(30)27-12-6-13-31-14-11-21-7-4-3-5-8-21/h3-5,7-10,15,19-20H,6,11-14,16-18H2,1-2H3,(H2,27,28,30). The van der Waals surface area contributed by atoms with E-state index in [1.54, 1.807) is 6.07 Å². The van der Waals surface area contributed by atoms with Gasteiger partial charge in [-0.15, -0.1) is 0 Å². The van der Waals surface area contributed by atoms with Crippen molar-refractivity contribution in [2.75, 3.05) is 37.7 Å². The lowest BCUT2D eigenvalue weighted by Gasteiger charge is -2.37. The van der Waals surface area contributed by atoms with Gasteiger partial charge in [0.2, 0.25) is 0 Å². The quantitative estimate of drug-likeness (QED) is 0.547. The van der Waals surface area contributed by atoms with Crippen LogP contribution < -0.4 is 15.5 Å². The van der Waals surface area contributed by atoms with Gasteiger partial charge in [0, 0.05) is 32.8 Å². The van der Waals surface area contributed by atoms with Crippen molar-refractivity contribution in [2.24, 2.45) is 0 Å². The first-order chi connectivity index (χ1) is 15.5. The van der Waals surface area contributed by atoms with E-state index >= 15 is 0 Å². The molecule has 2 amide bonds. The first-order valence-corrected chi connectivity index (χ1v) is 11.3. The Balaban J connectivity index is 1.30. The summed E-state index contributed by atoms with van der Waals surface area (Å²) in [5.74, 6) is -0.279. The molecular weight excluding hydrogens is 409 g/mol. The van der Waals surface area contributed by atoms with E-state index < -0.39 is 0 Å². The van der Waals surface area contributed by atoms with Crippen LogP contribution in [0.1, 0.15) is 31.4 Å². The van der Waals surface area contributed by atoms with Crippen molar-refractivity contribution < 1.29 is 18.7 Å². The summed E-state index contributed by atoms with van der Waals surface area (Å²) in [5, 5.41) is 5.57. The van der Waals surface area contributed by atoms with Gasteiger partial charge in [-0.2, -0.15) is 0 Å². The number of urea groups is 1. The minimum Gasteiger partial charge on any atom is -0.381 e. The average Bonchev–Trinajstić information content (AvgIpc) is 2.77. The van der Waals surface area contributed by atoms with E-state index in [1.807, 2.05) is 43.0 Å². The van der Waals surface area contributed by atoms with Gasteiger partial charge >= 0.3 is 6.03 Å². The van der Waals surface area contributed by atoms with Crippen molar-refractivity contribution in [1.82, 2.24) is 10.6 Å². The minimum absolute atomic E-state index is 0.0671. The van der Waals surface area contributed by atoms with Crippen LogP contribution in [0.3, 0.4) is 0 Å². The number of amides is 2. The lowest BCUT2D eigenvalue weighted by atomic mass is 10.1. The maximum atomic E-state index is 14.6. The molecular formula is C25H34FN3O3. The summed E-state index contributed by atoms with van der Waals surface area (Å²) in [6, 6.07) is 15.0. The fourth-order valence-electron chi connectivity index (χ4n) is 3.85. The van der Waals surface area contributed by atoms with Crippen molar-refractivity contribution in [2.45, 2.75) is 45.4 Å². The number of anilines is 1. The Morgan fingerprint density at radius 1 is 1.06 bits per heavy atom. The molecule has 1 aliphatic heterocycles. The third-order valence-corrected chi connectivity index (χ3v) is 5.35. The zero-order valence-corrected chi connectivity index (χ0v) is 19.0. The van der Waals surface area contributed by atoms with Crippen LogP contribution in [0.2, 0.25) is 0 Å². The summed E-state index contributed by atoms with van der Waals surface area (Å²) in [6.07, 6.45) is 1.75. The number of hydrogen-bond acceptors (Lipinski definition) is 4. The van der Waals surface area contributed by atoms with Gasteiger partial charge in [0.15, 0.2) is 0 Å². The number of halogens is 1. The number of ether oxygens (including phenoxy) is 2. The molecule has 174 valence electrons.